The Labute approximate surface area is 99.5 Å². The first-order valence-electron chi connectivity index (χ1n) is 5.59. The van der Waals surface area contributed by atoms with Gasteiger partial charge in [-0.05, 0) is 32.0 Å². The molecule has 2 aliphatic rings. The molecule has 0 aliphatic carbocycles. The van der Waals surface area contributed by atoms with Crippen LogP contribution < -0.4 is 4.74 Å². The number of hydrogen-bond donors (Lipinski definition) is 0. The van der Waals surface area contributed by atoms with E-state index in [0.29, 0.717) is 5.56 Å². The normalized spacial score (nSPS) is 27.5. The van der Waals surface area contributed by atoms with Gasteiger partial charge in [0.2, 0.25) is 0 Å². The number of hydrogen-bond acceptors (Lipinski definition) is 4. The Hall–Kier alpha value is -1.55. The van der Waals surface area contributed by atoms with Gasteiger partial charge >= 0.3 is 5.97 Å². The van der Waals surface area contributed by atoms with Crippen LogP contribution in [0.2, 0.25) is 0 Å². The number of esters is 1. The molecule has 1 aromatic carbocycles. The molecule has 0 N–H and O–H groups in total. The number of carbonyl (C=O) groups is 1. The summed E-state index contributed by atoms with van der Waals surface area (Å²) in [7, 11) is 1.37. The highest BCUT2D eigenvalue weighted by Crippen LogP contribution is 2.53. The summed E-state index contributed by atoms with van der Waals surface area (Å²) in [5.74, 6) is 0.455. The largest absolute Gasteiger partial charge is 0.485 e. The predicted molar refractivity (Wildman–Crippen MR) is 60.1 cm³/mol. The fourth-order valence-corrected chi connectivity index (χ4v) is 2.33. The zero-order valence-corrected chi connectivity index (χ0v) is 10.0. The lowest BCUT2D eigenvalue weighted by atomic mass is 9.93. The standard InChI is InChI=1S/C13H14O4/c1-13(2)11-10(16-11)8-6-7(12(14)15-3)4-5-9(8)17-13/h4-6,10-11H,1-3H3. The third-order valence-corrected chi connectivity index (χ3v) is 3.29. The zero-order valence-electron chi connectivity index (χ0n) is 10.0. The molecule has 17 heavy (non-hydrogen) atoms. The summed E-state index contributed by atoms with van der Waals surface area (Å²) in [4.78, 5) is 11.4. The van der Waals surface area contributed by atoms with E-state index in [4.69, 9.17) is 14.2 Å². The van der Waals surface area contributed by atoms with Gasteiger partial charge in [0, 0.05) is 5.56 Å². The molecule has 1 saturated heterocycles. The lowest BCUT2D eigenvalue weighted by Crippen LogP contribution is -2.37. The van der Waals surface area contributed by atoms with Crippen molar-refractivity contribution in [2.75, 3.05) is 7.11 Å². The van der Waals surface area contributed by atoms with Crippen molar-refractivity contribution in [1.29, 1.82) is 0 Å². The van der Waals surface area contributed by atoms with Crippen molar-refractivity contribution in [2.24, 2.45) is 0 Å². The molecule has 0 radical (unpaired) electrons. The fraction of sp³-hybridized carbons (Fsp3) is 0.462. The van der Waals surface area contributed by atoms with Gasteiger partial charge in [0.1, 0.15) is 23.6 Å². The molecule has 3 rings (SSSR count). The van der Waals surface area contributed by atoms with Crippen molar-refractivity contribution in [2.45, 2.75) is 31.7 Å². The Balaban J connectivity index is 2.01. The second-order valence-corrected chi connectivity index (χ2v) is 4.93. The second-order valence-electron chi connectivity index (χ2n) is 4.93. The van der Waals surface area contributed by atoms with E-state index in [-0.39, 0.29) is 23.8 Å². The van der Waals surface area contributed by atoms with Crippen molar-refractivity contribution in [3.63, 3.8) is 0 Å². The molecule has 2 heterocycles. The van der Waals surface area contributed by atoms with E-state index in [1.807, 2.05) is 13.8 Å². The predicted octanol–water partition coefficient (Wildman–Crippen LogP) is 2.08. The molecule has 90 valence electrons. The molecule has 0 aromatic heterocycles. The van der Waals surface area contributed by atoms with Gasteiger partial charge in [0.25, 0.3) is 0 Å². The summed E-state index contributed by atoms with van der Waals surface area (Å²) < 4.78 is 16.2. The monoisotopic (exact) mass is 234 g/mol. The number of epoxide rings is 1. The van der Waals surface area contributed by atoms with E-state index in [9.17, 15) is 4.79 Å². The van der Waals surface area contributed by atoms with Crippen LogP contribution >= 0.6 is 0 Å². The first kappa shape index (κ1) is 10.6. The molecule has 4 heteroatoms. The van der Waals surface area contributed by atoms with Crippen LogP contribution in [0.5, 0.6) is 5.75 Å². The molecule has 0 bridgehead atoms. The van der Waals surface area contributed by atoms with Gasteiger partial charge in [-0.1, -0.05) is 0 Å². The summed E-state index contributed by atoms with van der Waals surface area (Å²) in [6, 6.07) is 5.31. The molecule has 1 aromatic rings. The van der Waals surface area contributed by atoms with E-state index < -0.39 is 0 Å². The van der Waals surface area contributed by atoms with Crippen molar-refractivity contribution in [3.05, 3.63) is 29.3 Å². The third-order valence-electron chi connectivity index (χ3n) is 3.29. The minimum atomic E-state index is -0.338. The van der Waals surface area contributed by atoms with Gasteiger partial charge in [-0.15, -0.1) is 0 Å². The van der Waals surface area contributed by atoms with Gasteiger partial charge < -0.3 is 14.2 Å². The van der Waals surface area contributed by atoms with Crippen LogP contribution in [0.1, 0.15) is 35.9 Å². The van der Waals surface area contributed by atoms with Crippen LogP contribution in [-0.4, -0.2) is 24.8 Å². The molecular formula is C13H14O4. The van der Waals surface area contributed by atoms with E-state index in [1.54, 1.807) is 18.2 Å². The van der Waals surface area contributed by atoms with Crippen LogP contribution in [0, 0.1) is 0 Å². The van der Waals surface area contributed by atoms with Crippen molar-refractivity contribution < 1.29 is 19.0 Å². The summed E-state index contributed by atoms with van der Waals surface area (Å²) in [5, 5.41) is 0. The van der Waals surface area contributed by atoms with E-state index in [2.05, 4.69) is 0 Å². The van der Waals surface area contributed by atoms with Gasteiger partial charge in [0.05, 0.1) is 12.7 Å². The average Bonchev–Trinajstić information content (AvgIpc) is 3.08. The lowest BCUT2D eigenvalue weighted by Gasteiger charge is -2.29. The van der Waals surface area contributed by atoms with Gasteiger partial charge in [-0.2, -0.15) is 0 Å². The van der Waals surface area contributed by atoms with Crippen molar-refractivity contribution >= 4 is 5.97 Å². The lowest BCUT2D eigenvalue weighted by molar-refractivity contribution is 0.0599. The number of methoxy groups -OCH3 is 1. The van der Waals surface area contributed by atoms with E-state index in [1.165, 1.54) is 7.11 Å². The van der Waals surface area contributed by atoms with Crippen LogP contribution in [0.3, 0.4) is 0 Å². The Morgan fingerprint density at radius 3 is 2.88 bits per heavy atom. The molecular weight excluding hydrogens is 220 g/mol. The molecule has 0 saturated carbocycles. The van der Waals surface area contributed by atoms with Gasteiger partial charge in [-0.3, -0.25) is 0 Å². The van der Waals surface area contributed by atoms with E-state index in [0.717, 1.165) is 11.3 Å². The molecule has 0 spiro atoms. The zero-order chi connectivity index (χ0) is 12.2. The maximum Gasteiger partial charge on any atom is 0.337 e. The summed E-state index contributed by atoms with van der Waals surface area (Å²) in [6.45, 7) is 4.02. The topological polar surface area (TPSA) is 48.1 Å². The molecule has 1 fully saturated rings. The SMILES string of the molecule is COC(=O)c1ccc2c(c1)C1OC1C(C)(C)O2. The Kier molecular flexibility index (Phi) is 2.01. The number of fused-ring (bicyclic) bond motifs is 3. The Morgan fingerprint density at radius 1 is 1.41 bits per heavy atom. The van der Waals surface area contributed by atoms with Gasteiger partial charge in [-0.25, -0.2) is 4.79 Å². The van der Waals surface area contributed by atoms with Gasteiger partial charge in [0.15, 0.2) is 0 Å². The van der Waals surface area contributed by atoms with E-state index >= 15 is 0 Å². The summed E-state index contributed by atoms with van der Waals surface area (Å²) >= 11 is 0. The van der Waals surface area contributed by atoms with Crippen molar-refractivity contribution in [3.8, 4) is 5.75 Å². The summed E-state index contributed by atoms with van der Waals surface area (Å²) in [5.41, 5.74) is 1.17. The minimum absolute atomic E-state index is 0.0540. The highest BCUT2D eigenvalue weighted by Gasteiger charge is 2.56. The van der Waals surface area contributed by atoms with Crippen LogP contribution in [0.4, 0.5) is 0 Å². The van der Waals surface area contributed by atoms with Crippen LogP contribution in [-0.2, 0) is 9.47 Å². The highest BCUT2D eigenvalue weighted by molar-refractivity contribution is 5.89. The average molecular weight is 234 g/mol. The highest BCUT2D eigenvalue weighted by atomic mass is 16.6. The molecule has 2 atom stereocenters. The Bertz CT molecular complexity index is 492. The Morgan fingerprint density at radius 2 is 2.18 bits per heavy atom. The third kappa shape index (κ3) is 1.52. The first-order chi connectivity index (χ1) is 8.03. The molecule has 2 unspecified atom stereocenters. The summed E-state index contributed by atoms with van der Waals surface area (Å²) in [6.07, 6.45) is 0.140. The van der Waals surface area contributed by atoms with Crippen LogP contribution in [0.15, 0.2) is 18.2 Å². The number of ether oxygens (including phenoxy) is 3. The quantitative estimate of drug-likeness (QED) is 0.551. The first-order valence-corrected chi connectivity index (χ1v) is 5.59. The molecule has 2 aliphatic heterocycles. The maximum atomic E-state index is 11.4. The number of benzene rings is 1. The minimum Gasteiger partial charge on any atom is -0.485 e. The second kappa shape index (κ2) is 3.23. The smallest absolute Gasteiger partial charge is 0.337 e. The molecule has 4 nitrogen and oxygen atoms in total. The van der Waals surface area contributed by atoms with Crippen molar-refractivity contribution in [1.82, 2.24) is 0 Å². The fourth-order valence-electron chi connectivity index (χ4n) is 2.33. The molecule has 0 amide bonds. The maximum absolute atomic E-state index is 11.4. The number of carbonyl (C=O) groups excluding carboxylic acids is 1. The number of rotatable bonds is 1. The van der Waals surface area contributed by atoms with Crippen LogP contribution in [0.25, 0.3) is 0 Å².